The van der Waals surface area contributed by atoms with E-state index in [-0.39, 0.29) is 28.7 Å². The molecule has 154 valence electrons. The quantitative estimate of drug-likeness (QED) is 0.757. The molecule has 1 atom stereocenters. The summed E-state index contributed by atoms with van der Waals surface area (Å²) in [6.45, 7) is 4.78. The fraction of sp³-hybridized carbons (Fsp3) is 0.429. The van der Waals surface area contributed by atoms with Gasteiger partial charge in [-0.05, 0) is 54.5 Å². The molecule has 29 heavy (non-hydrogen) atoms. The molecule has 0 aliphatic carbocycles. The SMILES string of the molecule is CC(C)C(NC(=O)C1CCN(S(=O)(=O)c2ccc(C#N)cc2)CC1)c1cccs1. The second kappa shape index (κ2) is 9.08. The maximum atomic E-state index is 12.8. The summed E-state index contributed by atoms with van der Waals surface area (Å²) in [6.07, 6.45) is 0.993. The van der Waals surface area contributed by atoms with E-state index in [1.807, 2.05) is 23.6 Å². The molecule has 0 radical (unpaired) electrons. The maximum absolute atomic E-state index is 12.8. The molecule has 1 unspecified atom stereocenters. The van der Waals surface area contributed by atoms with Gasteiger partial charge in [0.2, 0.25) is 15.9 Å². The molecule has 1 aliphatic rings. The summed E-state index contributed by atoms with van der Waals surface area (Å²) in [4.78, 5) is 14.1. The monoisotopic (exact) mass is 431 g/mol. The first-order chi connectivity index (χ1) is 13.8. The van der Waals surface area contributed by atoms with E-state index in [0.29, 0.717) is 31.5 Å². The van der Waals surface area contributed by atoms with Crippen molar-refractivity contribution >= 4 is 27.3 Å². The van der Waals surface area contributed by atoms with E-state index in [2.05, 4.69) is 19.2 Å². The van der Waals surface area contributed by atoms with Crippen LogP contribution in [0, 0.1) is 23.2 Å². The summed E-state index contributed by atoms with van der Waals surface area (Å²) in [7, 11) is -3.61. The molecule has 1 amide bonds. The molecule has 0 spiro atoms. The van der Waals surface area contributed by atoms with Gasteiger partial charge in [-0.3, -0.25) is 4.79 Å². The summed E-state index contributed by atoms with van der Waals surface area (Å²) in [6, 6.07) is 11.9. The van der Waals surface area contributed by atoms with Crippen LogP contribution in [0.25, 0.3) is 0 Å². The van der Waals surface area contributed by atoms with Gasteiger partial charge in [0.15, 0.2) is 0 Å². The van der Waals surface area contributed by atoms with Gasteiger partial charge in [0.25, 0.3) is 0 Å². The van der Waals surface area contributed by atoms with Crippen molar-refractivity contribution in [3.05, 3.63) is 52.2 Å². The van der Waals surface area contributed by atoms with Gasteiger partial charge in [-0.25, -0.2) is 8.42 Å². The van der Waals surface area contributed by atoms with Crippen molar-refractivity contribution in [1.82, 2.24) is 9.62 Å². The van der Waals surface area contributed by atoms with Crippen LogP contribution >= 0.6 is 11.3 Å². The number of hydrogen-bond acceptors (Lipinski definition) is 5. The van der Waals surface area contributed by atoms with Crippen molar-refractivity contribution in [3.8, 4) is 6.07 Å². The lowest BCUT2D eigenvalue weighted by Crippen LogP contribution is -2.44. The molecule has 0 bridgehead atoms. The van der Waals surface area contributed by atoms with Crippen molar-refractivity contribution in [2.45, 2.75) is 37.6 Å². The average molecular weight is 432 g/mol. The van der Waals surface area contributed by atoms with Gasteiger partial charge in [0.05, 0.1) is 22.6 Å². The number of sulfonamides is 1. The standard InChI is InChI=1S/C21H25N3O3S2/c1-15(2)20(19-4-3-13-28-19)23-21(25)17-9-11-24(12-10-17)29(26,27)18-7-5-16(14-22)6-8-18/h3-8,13,15,17,20H,9-12H2,1-2H3,(H,23,25). The predicted molar refractivity (Wildman–Crippen MR) is 113 cm³/mol. The maximum Gasteiger partial charge on any atom is 0.243 e. The highest BCUT2D eigenvalue weighted by atomic mass is 32.2. The second-order valence-corrected chi connectivity index (χ2v) is 10.5. The molecule has 0 saturated carbocycles. The summed E-state index contributed by atoms with van der Waals surface area (Å²) in [5, 5.41) is 14.0. The van der Waals surface area contributed by atoms with Crippen LogP contribution in [-0.2, 0) is 14.8 Å². The summed E-state index contributed by atoms with van der Waals surface area (Å²) >= 11 is 1.63. The molecule has 1 fully saturated rings. The third-order valence-electron chi connectivity index (χ3n) is 5.26. The Hall–Kier alpha value is -2.21. The van der Waals surface area contributed by atoms with Crippen molar-refractivity contribution in [2.24, 2.45) is 11.8 Å². The van der Waals surface area contributed by atoms with Crippen molar-refractivity contribution < 1.29 is 13.2 Å². The minimum absolute atomic E-state index is 0.00692. The lowest BCUT2D eigenvalue weighted by atomic mass is 9.95. The van der Waals surface area contributed by atoms with Crippen LogP contribution in [-0.4, -0.2) is 31.7 Å². The molecule has 1 saturated heterocycles. The first-order valence-corrected chi connectivity index (χ1v) is 12.0. The number of carbonyl (C=O) groups is 1. The molecular formula is C21H25N3O3S2. The fourth-order valence-corrected chi connectivity index (χ4v) is 5.93. The Morgan fingerprint density at radius 2 is 1.86 bits per heavy atom. The van der Waals surface area contributed by atoms with Crippen LogP contribution in [0.3, 0.4) is 0 Å². The van der Waals surface area contributed by atoms with Gasteiger partial charge in [-0.15, -0.1) is 11.3 Å². The highest BCUT2D eigenvalue weighted by Crippen LogP contribution is 2.28. The van der Waals surface area contributed by atoms with Crippen LogP contribution in [0.4, 0.5) is 0 Å². The summed E-state index contributed by atoms with van der Waals surface area (Å²) in [5.41, 5.74) is 0.421. The van der Waals surface area contributed by atoms with Crippen LogP contribution in [0.5, 0.6) is 0 Å². The molecule has 6 nitrogen and oxygen atoms in total. The number of nitriles is 1. The van der Waals surface area contributed by atoms with Gasteiger partial charge in [-0.1, -0.05) is 19.9 Å². The first-order valence-electron chi connectivity index (χ1n) is 9.67. The fourth-order valence-electron chi connectivity index (χ4n) is 3.51. The zero-order valence-electron chi connectivity index (χ0n) is 16.5. The minimum Gasteiger partial charge on any atom is -0.348 e. The Labute approximate surface area is 176 Å². The molecule has 2 heterocycles. The molecule has 1 N–H and O–H groups in total. The minimum atomic E-state index is -3.61. The Morgan fingerprint density at radius 3 is 2.38 bits per heavy atom. The van der Waals surface area contributed by atoms with E-state index in [9.17, 15) is 13.2 Å². The highest BCUT2D eigenvalue weighted by Gasteiger charge is 2.33. The average Bonchev–Trinajstić information content (AvgIpc) is 3.26. The van der Waals surface area contributed by atoms with E-state index in [1.54, 1.807) is 11.3 Å². The summed E-state index contributed by atoms with van der Waals surface area (Å²) in [5.74, 6) is 0.0746. The van der Waals surface area contributed by atoms with Gasteiger partial charge in [0, 0.05) is 23.9 Å². The normalized spacial score (nSPS) is 17.0. The van der Waals surface area contributed by atoms with E-state index in [0.717, 1.165) is 4.88 Å². The third kappa shape index (κ3) is 4.86. The molecule has 1 aromatic heterocycles. The molecule has 2 aromatic rings. The van der Waals surface area contributed by atoms with Crippen LogP contribution in [0.1, 0.15) is 43.2 Å². The van der Waals surface area contributed by atoms with Crippen LogP contribution in [0.15, 0.2) is 46.7 Å². The largest absolute Gasteiger partial charge is 0.348 e. The van der Waals surface area contributed by atoms with Gasteiger partial charge < -0.3 is 5.32 Å². The Balaban J connectivity index is 1.62. The zero-order chi connectivity index (χ0) is 21.0. The second-order valence-electron chi connectivity index (χ2n) is 7.56. The number of rotatable bonds is 6. The Morgan fingerprint density at radius 1 is 1.21 bits per heavy atom. The van der Waals surface area contributed by atoms with Crippen LogP contribution < -0.4 is 5.32 Å². The van der Waals surface area contributed by atoms with E-state index in [1.165, 1.54) is 28.6 Å². The van der Waals surface area contributed by atoms with Gasteiger partial charge in [0.1, 0.15) is 0 Å². The van der Waals surface area contributed by atoms with Crippen LogP contribution in [0.2, 0.25) is 0 Å². The Bertz CT molecular complexity index is 969. The number of amides is 1. The predicted octanol–water partition coefficient (Wildman–Crippen LogP) is 3.53. The number of nitrogens with zero attached hydrogens (tertiary/aromatic N) is 2. The number of benzene rings is 1. The third-order valence-corrected chi connectivity index (χ3v) is 8.13. The summed E-state index contributed by atoms with van der Waals surface area (Å²) < 4.78 is 27.1. The smallest absolute Gasteiger partial charge is 0.243 e. The van der Waals surface area contributed by atoms with Gasteiger partial charge >= 0.3 is 0 Å². The molecular weight excluding hydrogens is 406 g/mol. The highest BCUT2D eigenvalue weighted by molar-refractivity contribution is 7.89. The number of thiophene rings is 1. The van der Waals surface area contributed by atoms with Crippen molar-refractivity contribution in [1.29, 1.82) is 5.26 Å². The molecule has 3 rings (SSSR count). The number of carbonyl (C=O) groups excluding carboxylic acids is 1. The van der Waals surface area contributed by atoms with Gasteiger partial charge in [-0.2, -0.15) is 9.57 Å². The number of hydrogen-bond donors (Lipinski definition) is 1. The Kier molecular flexibility index (Phi) is 6.73. The number of piperidine rings is 1. The lowest BCUT2D eigenvalue weighted by molar-refractivity contribution is -0.127. The molecule has 1 aliphatic heterocycles. The van der Waals surface area contributed by atoms with Crippen molar-refractivity contribution in [3.63, 3.8) is 0 Å². The van der Waals surface area contributed by atoms with Crippen molar-refractivity contribution in [2.75, 3.05) is 13.1 Å². The molecule has 8 heteroatoms. The number of nitrogens with one attached hydrogen (secondary N) is 1. The van der Waals surface area contributed by atoms with E-state index < -0.39 is 10.0 Å². The topological polar surface area (TPSA) is 90.3 Å². The van der Waals surface area contributed by atoms with E-state index in [4.69, 9.17) is 5.26 Å². The molecule has 1 aromatic carbocycles. The van der Waals surface area contributed by atoms with E-state index >= 15 is 0 Å². The zero-order valence-corrected chi connectivity index (χ0v) is 18.2. The first kappa shape index (κ1) is 21.5. The lowest BCUT2D eigenvalue weighted by Gasteiger charge is -2.32.